The molecule has 0 bridgehead atoms. The quantitative estimate of drug-likeness (QED) is 0.180. The molecular formula is C54H54N4. The first kappa shape index (κ1) is 38.8. The highest BCUT2D eigenvalue weighted by Crippen LogP contribution is 2.45. The molecule has 4 heteroatoms. The summed E-state index contributed by atoms with van der Waals surface area (Å²) in [7, 11) is 0. The minimum absolute atomic E-state index is 0.0444. The van der Waals surface area contributed by atoms with Gasteiger partial charge in [0.25, 0.3) is 0 Å². The zero-order chi connectivity index (χ0) is 41.7. The molecule has 290 valence electrons. The molecule has 0 spiro atoms. The Balaban J connectivity index is 1.58. The van der Waals surface area contributed by atoms with E-state index in [1.807, 2.05) is 30.3 Å². The molecule has 58 heavy (non-hydrogen) atoms. The molecule has 2 aromatic heterocycles. The lowest BCUT2D eigenvalue weighted by atomic mass is 9.85. The van der Waals surface area contributed by atoms with Gasteiger partial charge in [-0.3, -0.25) is 0 Å². The van der Waals surface area contributed by atoms with Gasteiger partial charge in [-0.25, -0.2) is 0 Å². The third-order valence-corrected chi connectivity index (χ3v) is 12.0. The Morgan fingerprint density at radius 3 is 1.00 bits per heavy atom. The van der Waals surface area contributed by atoms with E-state index in [-0.39, 0.29) is 21.7 Å². The second-order valence-electron chi connectivity index (χ2n) is 20.3. The molecule has 0 N–H and O–H groups in total. The first-order chi connectivity index (χ1) is 27.2. The first-order valence-corrected chi connectivity index (χ1v) is 20.5. The van der Waals surface area contributed by atoms with Gasteiger partial charge in [0.2, 0.25) is 0 Å². The molecule has 0 saturated heterocycles. The minimum Gasteiger partial charge on any atom is -0.308 e. The summed E-state index contributed by atoms with van der Waals surface area (Å²) in [6.45, 7) is 27.1. The monoisotopic (exact) mass is 758 g/mol. The van der Waals surface area contributed by atoms with E-state index in [2.05, 4.69) is 183 Å². The molecule has 8 aromatic rings. The third-order valence-electron chi connectivity index (χ3n) is 12.0. The van der Waals surface area contributed by atoms with Crippen LogP contribution in [0.4, 0.5) is 0 Å². The summed E-state index contributed by atoms with van der Waals surface area (Å²) in [5.41, 5.74) is 14.0. The van der Waals surface area contributed by atoms with Crippen molar-refractivity contribution in [3.8, 4) is 34.6 Å². The van der Waals surface area contributed by atoms with Crippen molar-refractivity contribution in [2.45, 2.75) is 105 Å². The van der Waals surface area contributed by atoms with Gasteiger partial charge in [0, 0.05) is 27.1 Å². The first-order valence-electron chi connectivity index (χ1n) is 20.5. The Morgan fingerprint density at radius 2 is 0.707 bits per heavy atom. The Bertz CT molecular complexity index is 2740. The molecule has 0 aliphatic carbocycles. The van der Waals surface area contributed by atoms with Crippen LogP contribution in [0.1, 0.15) is 116 Å². The minimum atomic E-state index is -0.0444. The maximum atomic E-state index is 10.9. The maximum absolute atomic E-state index is 10.9. The van der Waals surface area contributed by atoms with Crippen molar-refractivity contribution < 1.29 is 0 Å². The molecule has 6 aromatic carbocycles. The number of nitrogens with zero attached hydrogens (tertiary/aromatic N) is 4. The van der Waals surface area contributed by atoms with E-state index in [0.29, 0.717) is 11.1 Å². The molecule has 0 fully saturated rings. The van der Waals surface area contributed by atoms with Crippen LogP contribution >= 0.6 is 0 Å². The number of rotatable bonds is 3. The van der Waals surface area contributed by atoms with Crippen LogP contribution in [0.2, 0.25) is 0 Å². The smallest absolute Gasteiger partial charge is 0.0993 e. The summed E-state index contributed by atoms with van der Waals surface area (Å²) in [5.74, 6) is 0. The van der Waals surface area contributed by atoms with Gasteiger partial charge in [0.15, 0.2) is 0 Å². The maximum Gasteiger partial charge on any atom is 0.0993 e. The fraction of sp³-hybridized carbons (Fsp3) is 0.296. The van der Waals surface area contributed by atoms with Crippen LogP contribution in [0.25, 0.3) is 66.1 Å². The fourth-order valence-corrected chi connectivity index (χ4v) is 8.50. The van der Waals surface area contributed by atoms with E-state index in [0.717, 1.165) is 44.6 Å². The number of hydrogen-bond acceptors (Lipinski definition) is 2. The lowest BCUT2D eigenvalue weighted by molar-refractivity contribution is 0.590. The number of aromatic nitrogens is 2. The average Bonchev–Trinajstić information content (AvgIpc) is 3.67. The molecule has 4 nitrogen and oxygen atoms in total. The summed E-state index contributed by atoms with van der Waals surface area (Å²) in [6, 6.07) is 44.4. The van der Waals surface area contributed by atoms with Gasteiger partial charge in [0.1, 0.15) is 0 Å². The molecule has 0 radical (unpaired) electrons. The lowest BCUT2D eigenvalue weighted by Crippen LogP contribution is -2.10. The van der Waals surface area contributed by atoms with Crippen molar-refractivity contribution >= 4 is 43.6 Å². The van der Waals surface area contributed by atoms with Crippen LogP contribution in [0.5, 0.6) is 0 Å². The van der Waals surface area contributed by atoms with E-state index < -0.39 is 0 Å². The number of hydrogen-bond donors (Lipinski definition) is 0. The summed E-state index contributed by atoms with van der Waals surface area (Å²) in [6.07, 6.45) is 0. The van der Waals surface area contributed by atoms with Crippen LogP contribution in [0.15, 0.2) is 109 Å². The van der Waals surface area contributed by atoms with E-state index in [9.17, 15) is 10.5 Å². The van der Waals surface area contributed by atoms with Gasteiger partial charge in [-0.2, -0.15) is 10.5 Å². The fourth-order valence-electron chi connectivity index (χ4n) is 8.50. The highest BCUT2D eigenvalue weighted by Gasteiger charge is 2.27. The van der Waals surface area contributed by atoms with E-state index in [4.69, 9.17) is 0 Å². The van der Waals surface area contributed by atoms with Crippen LogP contribution in [-0.2, 0) is 21.7 Å². The molecular weight excluding hydrogens is 705 g/mol. The molecule has 0 aliphatic rings. The second-order valence-corrected chi connectivity index (χ2v) is 20.3. The molecule has 0 amide bonds. The summed E-state index contributed by atoms with van der Waals surface area (Å²) in [4.78, 5) is 0. The van der Waals surface area contributed by atoms with Gasteiger partial charge in [-0.1, -0.05) is 119 Å². The summed E-state index contributed by atoms with van der Waals surface area (Å²) >= 11 is 0. The molecule has 8 rings (SSSR count). The van der Waals surface area contributed by atoms with Crippen molar-refractivity contribution in [2.24, 2.45) is 0 Å². The molecule has 0 aliphatic heterocycles. The van der Waals surface area contributed by atoms with Crippen LogP contribution < -0.4 is 0 Å². The zero-order valence-electron chi connectivity index (χ0n) is 36.2. The van der Waals surface area contributed by atoms with Crippen LogP contribution in [0, 0.1) is 22.7 Å². The average molecular weight is 759 g/mol. The third kappa shape index (κ3) is 6.46. The Hall–Kier alpha value is -6.10. The van der Waals surface area contributed by atoms with Gasteiger partial charge >= 0.3 is 0 Å². The number of nitriles is 2. The van der Waals surface area contributed by atoms with Crippen molar-refractivity contribution in [3.05, 3.63) is 143 Å². The highest BCUT2D eigenvalue weighted by atomic mass is 15.0. The number of fused-ring (bicyclic) bond motifs is 6. The van der Waals surface area contributed by atoms with Crippen molar-refractivity contribution in [2.75, 3.05) is 0 Å². The van der Waals surface area contributed by atoms with E-state index in [1.165, 1.54) is 43.8 Å². The SMILES string of the molecule is CC(C)(C)c1ccc2c(c1)c1cc(C(C)(C)C)ccc1n2-c1cc(C#N)cc(-n2c3ccc(C(C)(C)C)cc3c3cc(C(C)(C)C)ccc32)c1-c1cccc(C#N)c1. The highest BCUT2D eigenvalue weighted by molar-refractivity contribution is 6.12. The summed E-state index contributed by atoms with van der Waals surface area (Å²) < 4.78 is 4.71. The summed E-state index contributed by atoms with van der Waals surface area (Å²) in [5, 5.41) is 25.8. The van der Waals surface area contributed by atoms with Crippen LogP contribution in [0.3, 0.4) is 0 Å². The largest absolute Gasteiger partial charge is 0.308 e. The van der Waals surface area contributed by atoms with Gasteiger partial charge < -0.3 is 9.13 Å². The lowest BCUT2D eigenvalue weighted by Gasteiger charge is -2.22. The Kier molecular flexibility index (Phi) is 8.84. The van der Waals surface area contributed by atoms with Crippen LogP contribution in [-0.4, -0.2) is 9.13 Å². The molecule has 2 heterocycles. The second kappa shape index (κ2) is 13.2. The van der Waals surface area contributed by atoms with E-state index >= 15 is 0 Å². The molecule has 0 atom stereocenters. The molecule has 0 unspecified atom stereocenters. The normalized spacial score (nSPS) is 12.8. The van der Waals surface area contributed by atoms with Gasteiger partial charge in [-0.15, -0.1) is 0 Å². The van der Waals surface area contributed by atoms with Crippen molar-refractivity contribution in [3.63, 3.8) is 0 Å². The van der Waals surface area contributed by atoms with Crippen molar-refractivity contribution in [1.82, 2.24) is 9.13 Å². The zero-order valence-corrected chi connectivity index (χ0v) is 36.2. The van der Waals surface area contributed by atoms with Gasteiger partial charge in [-0.05, 0) is 122 Å². The molecule has 0 saturated carbocycles. The predicted molar refractivity (Wildman–Crippen MR) is 245 cm³/mol. The Morgan fingerprint density at radius 1 is 0.379 bits per heavy atom. The predicted octanol–water partition coefficient (Wildman–Crippen LogP) is 14.5. The van der Waals surface area contributed by atoms with Crippen molar-refractivity contribution in [1.29, 1.82) is 10.5 Å². The van der Waals surface area contributed by atoms with Gasteiger partial charge in [0.05, 0.1) is 56.7 Å². The number of benzene rings is 6. The Labute approximate surface area is 344 Å². The standard InChI is InChI=1S/C54H54N4/c1-51(2,3)36-16-20-44-40(27-36)41-28-37(52(4,5)6)17-21-45(41)57(44)48-25-34(32-56)26-49(50(48)35-15-13-14-33(24-35)31-55)58-46-22-18-38(53(7,8)9)29-42(46)43-30-39(54(10,11)12)19-23-47(43)58/h13-30H,1-12H3. The van der Waals surface area contributed by atoms with E-state index in [1.54, 1.807) is 0 Å². The topological polar surface area (TPSA) is 57.4 Å².